The van der Waals surface area contributed by atoms with Gasteiger partial charge in [-0.1, -0.05) is 12.1 Å². The van der Waals surface area contributed by atoms with E-state index in [1.807, 2.05) is 0 Å². The lowest BCUT2D eigenvalue weighted by atomic mass is 10.1. The van der Waals surface area contributed by atoms with Gasteiger partial charge in [0.2, 0.25) is 20.0 Å². The summed E-state index contributed by atoms with van der Waals surface area (Å²) in [6.45, 7) is 1.71. The zero-order valence-electron chi connectivity index (χ0n) is 17.3. The second-order valence-electron chi connectivity index (χ2n) is 7.03. The van der Waals surface area contributed by atoms with E-state index in [9.17, 15) is 16.8 Å². The summed E-state index contributed by atoms with van der Waals surface area (Å²) in [4.78, 5) is 4.78. The number of aryl methyl sites for hydroxylation is 1. The van der Waals surface area contributed by atoms with Gasteiger partial charge in [0.25, 0.3) is 0 Å². The molecular weight excluding hydrogens is 426 g/mol. The highest BCUT2D eigenvalue weighted by molar-refractivity contribution is 7.89. The molecule has 3 rings (SSSR count). The average molecular weight is 450 g/mol. The maximum Gasteiger partial charge on any atom is 0.242 e. The Labute approximate surface area is 176 Å². The fraction of sp³-hybridized carbons (Fsp3) is 0.250. The van der Waals surface area contributed by atoms with E-state index >= 15 is 0 Å². The Hall–Kier alpha value is -2.53. The van der Waals surface area contributed by atoms with Crippen molar-refractivity contribution in [2.45, 2.75) is 16.7 Å². The van der Waals surface area contributed by atoms with Crippen LogP contribution < -0.4 is 0 Å². The predicted molar refractivity (Wildman–Crippen MR) is 114 cm³/mol. The van der Waals surface area contributed by atoms with Crippen molar-refractivity contribution in [3.63, 3.8) is 0 Å². The van der Waals surface area contributed by atoms with Gasteiger partial charge in [-0.05, 0) is 36.4 Å². The van der Waals surface area contributed by atoms with E-state index in [2.05, 4.69) is 4.98 Å². The van der Waals surface area contributed by atoms with Crippen molar-refractivity contribution in [1.82, 2.24) is 13.6 Å². The molecule has 10 heteroatoms. The van der Waals surface area contributed by atoms with E-state index in [4.69, 9.17) is 4.42 Å². The SMILES string of the molecule is Cc1nc(-c2ccc(S(=O)(=O)N(C)C)cc2)c(-c2ccc(S(=O)(=O)N(C)C)cc2)o1. The van der Waals surface area contributed by atoms with Crippen molar-refractivity contribution in [3.05, 3.63) is 54.4 Å². The molecule has 1 aromatic heterocycles. The van der Waals surface area contributed by atoms with Crippen LogP contribution in [0, 0.1) is 6.92 Å². The summed E-state index contributed by atoms with van der Waals surface area (Å²) in [5.74, 6) is 0.916. The molecule has 30 heavy (non-hydrogen) atoms. The van der Waals surface area contributed by atoms with E-state index in [0.29, 0.717) is 28.5 Å². The van der Waals surface area contributed by atoms with Crippen LogP contribution in [0.5, 0.6) is 0 Å². The van der Waals surface area contributed by atoms with E-state index < -0.39 is 20.0 Å². The summed E-state index contributed by atoms with van der Waals surface area (Å²) < 4.78 is 57.2. The maximum atomic E-state index is 12.3. The van der Waals surface area contributed by atoms with Crippen LogP contribution >= 0.6 is 0 Å². The lowest BCUT2D eigenvalue weighted by molar-refractivity contribution is 0.519. The molecular formula is C20H23N3O5S2. The molecule has 0 saturated carbocycles. The summed E-state index contributed by atoms with van der Waals surface area (Å²) in [5.41, 5.74) is 1.89. The molecule has 0 spiro atoms. The fourth-order valence-corrected chi connectivity index (χ4v) is 4.61. The Bertz CT molecular complexity index is 1160. The number of aromatic nitrogens is 1. The Morgan fingerprint density at radius 2 is 1.10 bits per heavy atom. The quantitative estimate of drug-likeness (QED) is 0.574. The molecule has 0 radical (unpaired) electrons. The van der Waals surface area contributed by atoms with Gasteiger partial charge in [0, 0.05) is 46.2 Å². The first-order valence-electron chi connectivity index (χ1n) is 8.98. The lowest BCUT2D eigenvalue weighted by Crippen LogP contribution is -2.22. The Morgan fingerprint density at radius 3 is 1.50 bits per heavy atom. The first-order valence-corrected chi connectivity index (χ1v) is 11.9. The Morgan fingerprint density at radius 1 is 0.700 bits per heavy atom. The molecule has 0 aliphatic rings. The first-order chi connectivity index (χ1) is 13.9. The van der Waals surface area contributed by atoms with Gasteiger partial charge >= 0.3 is 0 Å². The monoisotopic (exact) mass is 449 g/mol. The summed E-state index contributed by atoms with van der Waals surface area (Å²) in [6.07, 6.45) is 0. The third-order valence-corrected chi connectivity index (χ3v) is 8.19. The number of hydrogen-bond donors (Lipinski definition) is 0. The van der Waals surface area contributed by atoms with Crippen molar-refractivity contribution < 1.29 is 21.3 Å². The van der Waals surface area contributed by atoms with Crippen LogP contribution in [0.25, 0.3) is 22.6 Å². The van der Waals surface area contributed by atoms with Crippen molar-refractivity contribution in [1.29, 1.82) is 0 Å². The second-order valence-corrected chi connectivity index (χ2v) is 11.3. The molecule has 0 aliphatic carbocycles. The average Bonchev–Trinajstić information content (AvgIpc) is 3.09. The van der Waals surface area contributed by atoms with Crippen LogP contribution in [0.15, 0.2) is 62.7 Å². The number of sulfonamides is 2. The van der Waals surface area contributed by atoms with Gasteiger partial charge in [0.15, 0.2) is 11.7 Å². The highest BCUT2D eigenvalue weighted by Gasteiger charge is 2.21. The van der Waals surface area contributed by atoms with Gasteiger partial charge in [0.05, 0.1) is 9.79 Å². The zero-order valence-corrected chi connectivity index (χ0v) is 19.0. The molecule has 0 amide bonds. The number of oxazole rings is 1. The van der Waals surface area contributed by atoms with E-state index in [0.717, 1.165) is 8.61 Å². The van der Waals surface area contributed by atoms with Gasteiger partial charge in [-0.15, -0.1) is 0 Å². The van der Waals surface area contributed by atoms with Crippen molar-refractivity contribution in [2.24, 2.45) is 0 Å². The van der Waals surface area contributed by atoms with Crippen molar-refractivity contribution >= 4 is 20.0 Å². The van der Waals surface area contributed by atoms with Crippen molar-refractivity contribution in [3.8, 4) is 22.6 Å². The minimum Gasteiger partial charge on any atom is -0.440 e. The fourth-order valence-electron chi connectivity index (χ4n) is 2.80. The third-order valence-electron chi connectivity index (χ3n) is 4.54. The van der Waals surface area contributed by atoms with E-state index in [1.54, 1.807) is 31.2 Å². The first kappa shape index (κ1) is 22.2. The molecule has 0 unspecified atom stereocenters. The molecule has 3 aromatic rings. The standard InChI is InChI=1S/C20H23N3O5S2/c1-14-21-19(15-6-10-17(11-7-15)29(24,25)22(2)3)20(28-14)16-8-12-18(13-9-16)30(26,27)23(4)5/h6-13H,1-5H3. The highest BCUT2D eigenvalue weighted by atomic mass is 32.2. The molecule has 8 nitrogen and oxygen atoms in total. The zero-order chi connectivity index (χ0) is 22.3. The maximum absolute atomic E-state index is 12.3. The van der Waals surface area contributed by atoms with Gasteiger partial charge in [-0.25, -0.2) is 30.4 Å². The van der Waals surface area contributed by atoms with Crippen LogP contribution in [-0.4, -0.2) is 58.6 Å². The van der Waals surface area contributed by atoms with Crippen LogP contribution in [0.3, 0.4) is 0 Å². The topological polar surface area (TPSA) is 101 Å². The Balaban J connectivity index is 2.02. The second kappa shape index (κ2) is 7.95. The number of hydrogen-bond acceptors (Lipinski definition) is 6. The molecule has 0 bridgehead atoms. The lowest BCUT2D eigenvalue weighted by Gasteiger charge is -2.12. The number of benzene rings is 2. The minimum atomic E-state index is -3.53. The van der Waals surface area contributed by atoms with Gasteiger partial charge in [-0.3, -0.25) is 0 Å². The summed E-state index contributed by atoms with van der Waals surface area (Å²) in [6, 6.07) is 12.7. The van der Waals surface area contributed by atoms with E-state index in [1.165, 1.54) is 52.5 Å². The third kappa shape index (κ3) is 4.04. The minimum absolute atomic E-state index is 0.173. The normalized spacial score (nSPS) is 12.6. The number of nitrogens with zero attached hydrogens (tertiary/aromatic N) is 3. The Kier molecular flexibility index (Phi) is 5.87. The van der Waals surface area contributed by atoms with E-state index in [-0.39, 0.29) is 9.79 Å². The largest absolute Gasteiger partial charge is 0.440 e. The molecule has 0 atom stereocenters. The predicted octanol–water partition coefficient (Wildman–Crippen LogP) is 2.82. The molecule has 2 aromatic carbocycles. The molecule has 160 valence electrons. The summed E-state index contributed by atoms with van der Waals surface area (Å²) in [7, 11) is -1.17. The highest BCUT2D eigenvalue weighted by Crippen LogP contribution is 2.33. The molecule has 0 aliphatic heterocycles. The van der Waals surface area contributed by atoms with Crippen LogP contribution in [-0.2, 0) is 20.0 Å². The van der Waals surface area contributed by atoms with Gasteiger partial charge in [-0.2, -0.15) is 0 Å². The van der Waals surface area contributed by atoms with Crippen LogP contribution in [0.4, 0.5) is 0 Å². The van der Waals surface area contributed by atoms with Gasteiger partial charge < -0.3 is 4.42 Å². The molecule has 0 fully saturated rings. The molecule has 0 saturated heterocycles. The summed E-state index contributed by atoms with van der Waals surface area (Å²) >= 11 is 0. The van der Waals surface area contributed by atoms with Crippen LogP contribution in [0.1, 0.15) is 5.89 Å². The molecule has 1 heterocycles. The summed E-state index contributed by atoms with van der Waals surface area (Å²) in [5, 5.41) is 0. The molecule has 0 N–H and O–H groups in total. The smallest absolute Gasteiger partial charge is 0.242 e. The van der Waals surface area contributed by atoms with Crippen molar-refractivity contribution in [2.75, 3.05) is 28.2 Å². The number of rotatable bonds is 6. The van der Waals surface area contributed by atoms with Crippen LogP contribution in [0.2, 0.25) is 0 Å². The van der Waals surface area contributed by atoms with Gasteiger partial charge in [0.1, 0.15) is 5.69 Å².